The van der Waals surface area contributed by atoms with Crippen LogP contribution in [0.15, 0.2) is 54.6 Å². The van der Waals surface area contributed by atoms with Crippen molar-refractivity contribution in [2.75, 3.05) is 27.2 Å². The average molecular weight is 372 g/mol. The molecule has 0 aromatic heterocycles. The van der Waals surface area contributed by atoms with Crippen LogP contribution >= 0.6 is 12.2 Å². The van der Waals surface area contributed by atoms with E-state index >= 15 is 0 Å². The number of hydrogen-bond acceptors (Lipinski definition) is 4. The summed E-state index contributed by atoms with van der Waals surface area (Å²) in [7, 11) is 3.96. The van der Waals surface area contributed by atoms with Gasteiger partial charge in [-0.15, -0.1) is 0 Å². The van der Waals surface area contributed by atoms with Crippen molar-refractivity contribution in [3.63, 3.8) is 0 Å². The van der Waals surface area contributed by atoms with Gasteiger partial charge in [0.1, 0.15) is 12.4 Å². The minimum Gasteiger partial charge on any atom is -0.489 e. The van der Waals surface area contributed by atoms with Crippen LogP contribution < -0.4 is 20.9 Å². The fraction of sp³-hybridized carbons (Fsp3) is 0.263. The second-order valence-electron chi connectivity index (χ2n) is 5.94. The quantitative estimate of drug-likeness (QED) is 0.510. The number of nitrogens with zero attached hydrogens (tertiary/aromatic N) is 1. The number of carbonyl (C=O) groups excluding carboxylic acids is 1. The van der Waals surface area contributed by atoms with E-state index in [-0.39, 0.29) is 5.91 Å². The van der Waals surface area contributed by atoms with Crippen LogP contribution in [-0.4, -0.2) is 43.1 Å². The Kier molecular flexibility index (Phi) is 7.85. The number of ether oxygens (including phenoxy) is 1. The maximum atomic E-state index is 12.1. The first-order valence-electron chi connectivity index (χ1n) is 8.30. The number of para-hydroxylation sites is 1. The minimum atomic E-state index is -0.253. The predicted molar refractivity (Wildman–Crippen MR) is 107 cm³/mol. The van der Waals surface area contributed by atoms with Crippen LogP contribution in [0, 0.1) is 0 Å². The fourth-order valence-electron chi connectivity index (χ4n) is 2.06. The average Bonchev–Trinajstić information content (AvgIpc) is 2.65. The van der Waals surface area contributed by atoms with E-state index in [0.717, 1.165) is 17.9 Å². The molecular weight excluding hydrogens is 348 g/mol. The highest BCUT2D eigenvalue weighted by Crippen LogP contribution is 2.12. The smallest absolute Gasteiger partial charge is 0.269 e. The molecule has 6 nitrogen and oxygen atoms in total. The molecule has 1 amide bonds. The van der Waals surface area contributed by atoms with Crippen molar-refractivity contribution in [2.24, 2.45) is 0 Å². The summed E-state index contributed by atoms with van der Waals surface area (Å²) in [6.45, 7) is 2.00. The highest BCUT2D eigenvalue weighted by atomic mass is 32.1. The van der Waals surface area contributed by atoms with E-state index in [0.29, 0.717) is 23.8 Å². The molecule has 2 aromatic rings. The van der Waals surface area contributed by atoms with Crippen molar-refractivity contribution in [2.45, 2.75) is 6.61 Å². The number of carbonyl (C=O) groups is 1. The molecule has 0 unspecified atom stereocenters. The lowest BCUT2D eigenvalue weighted by Crippen LogP contribution is -2.47. The van der Waals surface area contributed by atoms with Gasteiger partial charge in [0.25, 0.3) is 5.91 Å². The summed E-state index contributed by atoms with van der Waals surface area (Å²) in [5.74, 6) is 0.561. The number of hydrazine groups is 1. The molecule has 7 heteroatoms. The number of nitrogens with one attached hydrogen (secondary N) is 3. The first kappa shape index (κ1) is 19.7. The third-order valence-electron chi connectivity index (χ3n) is 3.50. The molecule has 138 valence electrons. The molecule has 0 atom stereocenters. The Balaban J connectivity index is 1.74. The number of benzene rings is 2. The third kappa shape index (κ3) is 7.08. The number of amides is 1. The van der Waals surface area contributed by atoms with Crippen LogP contribution in [0.3, 0.4) is 0 Å². The van der Waals surface area contributed by atoms with Gasteiger partial charge in [-0.25, -0.2) is 0 Å². The molecule has 0 saturated carbocycles. The number of rotatable bonds is 7. The molecule has 0 bridgehead atoms. The van der Waals surface area contributed by atoms with Crippen LogP contribution in [0.5, 0.6) is 5.75 Å². The lowest BCUT2D eigenvalue weighted by atomic mass is 10.1. The molecule has 3 N–H and O–H groups in total. The summed E-state index contributed by atoms with van der Waals surface area (Å²) in [4.78, 5) is 14.2. The van der Waals surface area contributed by atoms with Crippen LogP contribution in [0.1, 0.15) is 15.9 Å². The Bertz CT molecular complexity index is 705. The van der Waals surface area contributed by atoms with E-state index in [4.69, 9.17) is 17.0 Å². The van der Waals surface area contributed by atoms with E-state index in [1.807, 2.05) is 61.5 Å². The van der Waals surface area contributed by atoms with E-state index in [9.17, 15) is 4.79 Å². The maximum absolute atomic E-state index is 12.1. The van der Waals surface area contributed by atoms with Gasteiger partial charge in [0.15, 0.2) is 5.11 Å². The van der Waals surface area contributed by atoms with Crippen molar-refractivity contribution in [3.8, 4) is 5.75 Å². The molecule has 0 aliphatic rings. The number of hydrogen-bond donors (Lipinski definition) is 3. The van der Waals surface area contributed by atoms with Gasteiger partial charge in [0.2, 0.25) is 0 Å². The molecule has 0 fully saturated rings. The molecular formula is C19H24N4O2S. The topological polar surface area (TPSA) is 65.6 Å². The van der Waals surface area contributed by atoms with Crippen molar-refractivity contribution in [1.82, 2.24) is 21.1 Å². The SMILES string of the molecule is CN(C)CCNC(=S)NNC(=O)c1ccc(COc2ccccc2)cc1. The summed E-state index contributed by atoms with van der Waals surface area (Å²) >= 11 is 5.10. The zero-order valence-corrected chi connectivity index (χ0v) is 15.8. The van der Waals surface area contributed by atoms with E-state index in [1.54, 1.807) is 12.1 Å². The van der Waals surface area contributed by atoms with Crippen molar-refractivity contribution in [1.29, 1.82) is 0 Å². The van der Waals surface area contributed by atoms with Gasteiger partial charge < -0.3 is 15.0 Å². The summed E-state index contributed by atoms with van der Waals surface area (Å²) in [5, 5.41) is 3.39. The van der Waals surface area contributed by atoms with E-state index in [1.165, 1.54) is 0 Å². The van der Waals surface area contributed by atoms with Gasteiger partial charge >= 0.3 is 0 Å². The van der Waals surface area contributed by atoms with Gasteiger partial charge in [-0.2, -0.15) is 0 Å². The Hall–Kier alpha value is -2.64. The van der Waals surface area contributed by atoms with Crippen molar-refractivity contribution in [3.05, 3.63) is 65.7 Å². The van der Waals surface area contributed by atoms with Crippen LogP contribution in [-0.2, 0) is 6.61 Å². The van der Waals surface area contributed by atoms with Gasteiger partial charge in [0.05, 0.1) is 0 Å². The molecule has 0 radical (unpaired) electrons. The molecule has 26 heavy (non-hydrogen) atoms. The second-order valence-corrected chi connectivity index (χ2v) is 6.35. The first-order valence-corrected chi connectivity index (χ1v) is 8.71. The van der Waals surface area contributed by atoms with Crippen molar-refractivity contribution < 1.29 is 9.53 Å². The normalized spacial score (nSPS) is 10.3. The Morgan fingerprint density at radius 2 is 1.73 bits per heavy atom. The Labute approximate surface area is 159 Å². The van der Waals surface area contributed by atoms with Crippen LogP contribution in [0.25, 0.3) is 0 Å². The number of thiocarbonyl (C=S) groups is 1. The second kappa shape index (κ2) is 10.4. The molecule has 2 aromatic carbocycles. The largest absolute Gasteiger partial charge is 0.489 e. The Morgan fingerprint density at radius 1 is 1.04 bits per heavy atom. The lowest BCUT2D eigenvalue weighted by Gasteiger charge is -2.14. The van der Waals surface area contributed by atoms with Crippen molar-refractivity contribution >= 4 is 23.2 Å². The van der Waals surface area contributed by atoms with Gasteiger partial charge in [-0.05, 0) is 56.1 Å². The molecule has 0 saturated heterocycles. The molecule has 0 aliphatic heterocycles. The summed E-state index contributed by atoms with van der Waals surface area (Å²) in [6, 6.07) is 16.8. The first-order chi connectivity index (χ1) is 12.5. The highest BCUT2D eigenvalue weighted by molar-refractivity contribution is 7.80. The molecule has 2 rings (SSSR count). The lowest BCUT2D eigenvalue weighted by molar-refractivity contribution is 0.0943. The van der Waals surface area contributed by atoms with Crippen LogP contribution in [0.4, 0.5) is 0 Å². The predicted octanol–water partition coefficient (Wildman–Crippen LogP) is 1.94. The van der Waals surface area contributed by atoms with E-state index in [2.05, 4.69) is 16.2 Å². The number of likely N-dealkylation sites (N-methyl/N-ethyl adjacent to an activating group) is 1. The third-order valence-corrected chi connectivity index (χ3v) is 3.75. The van der Waals surface area contributed by atoms with Gasteiger partial charge in [-0.1, -0.05) is 30.3 Å². The zero-order chi connectivity index (χ0) is 18.8. The maximum Gasteiger partial charge on any atom is 0.269 e. The molecule has 0 aliphatic carbocycles. The van der Waals surface area contributed by atoms with Gasteiger partial charge in [0, 0.05) is 18.7 Å². The fourth-order valence-corrected chi connectivity index (χ4v) is 2.21. The summed E-state index contributed by atoms with van der Waals surface area (Å²) in [5.41, 5.74) is 6.79. The minimum absolute atomic E-state index is 0.253. The highest BCUT2D eigenvalue weighted by Gasteiger charge is 2.06. The van der Waals surface area contributed by atoms with Crippen LogP contribution in [0.2, 0.25) is 0 Å². The summed E-state index contributed by atoms with van der Waals surface area (Å²) < 4.78 is 5.68. The summed E-state index contributed by atoms with van der Waals surface area (Å²) in [6.07, 6.45) is 0. The standard InChI is InChI=1S/C19H24N4O2S/c1-23(2)13-12-20-19(26)22-21-18(24)16-10-8-15(9-11-16)14-25-17-6-4-3-5-7-17/h3-11H,12-14H2,1-2H3,(H,21,24)(H2,20,22,26). The molecule has 0 heterocycles. The zero-order valence-electron chi connectivity index (χ0n) is 15.0. The Morgan fingerprint density at radius 3 is 2.38 bits per heavy atom. The monoisotopic (exact) mass is 372 g/mol. The molecule has 0 spiro atoms. The van der Waals surface area contributed by atoms with E-state index < -0.39 is 0 Å². The van der Waals surface area contributed by atoms with Gasteiger partial charge in [-0.3, -0.25) is 15.6 Å².